The molecule has 0 atom stereocenters. The second kappa shape index (κ2) is 9.62. The van der Waals surface area contributed by atoms with Crippen LogP contribution in [0.3, 0.4) is 0 Å². The fraction of sp³-hybridized carbons (Fsp3) is 0.360. The molecule has 0 bridgehead atoms. The first-order valence-corrected chi connectivity index (χ1v) is 11.8. The van der Waals surface area contributed by atoms with Crippen LogP contribution in [0, 0.1) is 13.8 Å². The van der Waals surface area contributed by atoms with Crippen LogP contribution in [0.25, 0.3) is 10.6 Å². The number of benzene rings is 2. The molecule has 4 rings (SSSR count). The number of nitrogens with one attached hydrogen (secondary N) is 1. The first kappa shape index (κ1) is 21.5. The number of aryl methyl sites for hydroxylation is 2. The largest absolute Gasteiger partial charge is 0.369 e. The summed E-state index contributed by atoms with van der Waals surface area (Å²) >= 11 is 1.58. The second-order valence-corrected chi connectivity index (χ2v) is 9.02. The lowest BCUT2D eigenvalue weighted by molar-refractivity contribution is -0.115. The topological polar surface area (TPSA) is 48.5 Å². The zero-order valence-electron chi connectivity index (χ0n) is 18.5. The van der Waals surface area contributed by atoms with E-state index in [0.29, 0.717) is 0 Å². The Balaban J connectivity index is 1.36. The Kier molecular flexibility index (Phi) is 6.68. The van der Waals surface area contributed by atoms with Gasteiger partial charge in [0, 0.05) is 48.5 Å². The highest BCUT2D eigenvalue weighted by atomic mass is 32.1. The average Bonchev–Trinajstić information content (AvgIpc) is 3.23. The van der Waals surface area contributed by atoms with E-state index in [0.717, 1.165) is 54.7 Å². The van der Waals surface area contributed by atoms with Crippen molar-refractivity contribution in [2.24, 2.45) is 0 Å². The smallest absolute Gasteiger partial charge is 0.230 e. The summed E-state index contributed by atoms with van der Waals surface area (Å²) in [5, 5.41) is 5.95. The van der Waals surface area contributed by atoms with E-state index in [1.807, 2.05) is 11.4 Å². The summed E-state index contributed by atoms with van der Waals surface area (Å²) in [6, 6.07) is 14.5. The number of rotatable bonds is 6. The molecule has 1 aliphatic rings. The number of carbonyl (C=O) groups excluding carboxylic acids is 1. The van der Waals surface area contributed by atoms with Gasteiger partial charge in [0.2, 0.25) is 5.91 Å². The van der Waals surface area contributed by atoms with Crippen LogP contribution < -0.4 is 10.2 Å². The highest BCUT2D eigenvalue weighted by molar-refractivity contribution is 7.13. The maximum absolute atomic E-state index is 12.6. The van der Waals surface area contributed by atoms with Crippen molar-refractivity contribution in [3.63, 3.8) is 0 Å². The van der Waals surface area contributed by atoms with Gasteiger partial charge in [-0.15, -0.1) is 11.3 Å². The molecular formula is C25H30N4OS. The summed E-state index contributed by atoms with van der Waals surface area (Å²) in [4.78, 5) is 22.1. The van der Waals surface area contributed by atoms with Gasteiger partial charge in [-0.1, -0.05) is 36.8 Å². The Hall–Kier alpha value is -2.70. The number of amides is 1. The summed E-state index contributed by atoms with van der Waals surface area (Å²) in [6.07, 6.45) is 0.280. The van der Waals surface area contributed by atoms with Crippen molar-refractivity contribution in [1.82, 2.24) is 9.88 Å². The van der Waals surface area contributed by atoms with Gasteiger partial charge < -0.3 is 15.1 Å². The third-order valence-electron chi connectivity index (χ3n) is 5.83. The molecule has 1 saturated heterocycles. The lowest BCUT2D eigenvalue weighted by atomic mass is 10.1. The quantitative estimate of drug-likeness (QED) is 0.608. The zero-order valence-corrected chi connectivity index (χ0v) is 19.3. The van der Waals surface area contributed by atoms with Gasteiger partial charge in [-0.2, -0.15) is 0 Å². The molecule has 5 nitrogen and oxygen atoms in total. The number of carbonyl (C=O) groups is 1. The van der Waals surface area contributed by atoms with Gasteiger partial charge in [-0.25, -0.2) is 4.98 Å². The van der Waals surface area contributed by atoms with Gasteiger partial charge in [-0.3, -0.25) is 4.79 Å². The number of piperazine rings is 1. The molecule has 3 aromatic rings. The molecule has 0 unspecified atom stereocenters. The van der Waals surface area contributed by atoms with Crippen LogP contribution in [0.1, 0.15) is 23.7 Å². The fourth-order valence-electron chi connectivity index (χ4n) is 3.98. The van der Waals surface area contributed by atoms with Crippen molar-refractivity contribution in [2.45, 2.75) is 27.2 Å². The Bertz CT molecular complexity index is 1040. The van der Waals surface area contributed by atoms with Gasteiger partial charge in [0.15, 0.2) is 0 Å². The van der Waals surface area contributed by atoms with E-state index in [2.05, 4.69) is 77.3 Å². The predicted molar refractivity (Wildman–Crippen MR) is 130 cm³/mol. The van der Waals surface area contributed by atoms with Crippen molar-refractivity contribution in [3.8, 4) is 10.6 Å². The summed E-state index contributed by atoms with van der Waals surface area (Å²) in [6.45, 7) is 11.8. The van der Waals surface area contributed by atoms with Crippen LogP contribution in [0.5, 0.6) is 0 Å². The summed E-state index contributed by atoms with van der Waals surface area (Å²) in [7, 11) is 0. The van der Waals surface area contributed by atoms with Crippen LogP contribution in [-0.2, 0) is 11.2 Å². The van der Waals surface area contributed by atoms with Gasteiger partial charge in [-0.05, 0) is 44.2 Å². The number of hydrogen-bond acceptors (Lipinski definition) is 5. The summed E-state index contributed by atoms with van der Waals surface area (Å²) in [5.74, 6) is -0.0375. The van der Waals surface area contributed by atoms with Crippen LogP contribution in [0.4, 0.5) is 11.4 Å². The van der Waals surface area contributed by atoms with Crippen LogP contribution in [0.2, 0.25) is 0 Å². The van der Waals surface area contributed by atoms with Crippen molar-refractivity contribution < 1.29 is 4.79 Å². The fourth-order valence-corrected chi connectivity index (χ4v) is 4.81. The predicted octanol–water partition coefficient (Wildman–Crippen LogP) is 4.75. The van der Waals surface area contributed by atoms with Gasteiger partial charge in [0.05, 0.1) is 12.1 Å². The minimum atomic E-state index is -0.0375. The molecular weight excluding hydrogens is 404 g/mol. The van der Waals surface area contributed by atoms with Crippen LogP contribution >= 0.6 is 11.3 Å². The van der Waals surface area contributed by atoms with Gasteiger partial charge in [0.25, 0.3) is 0 Å². The third-order valence-corrected chi connectivity index (χ3v) is 6.77. The number of aromatic nitrogens is 1. The zero-order chi connectivity index (χ0) is 21.8. The highest BCUT2D eigenvalue weighted by Crippen LogP contribution is 2.26. The van der Waals surface area contributed by atoms with E-state index < -0.39 is 0 Å². The lowest BCUT2D eigenvalue weighted by Gasteiger charge is -2.36. The number of nitrogens with zero attached hydrogens (tertiary/aromatic N) is 3. The first-order chi connectivity index (χ1) is 15.0. The molecule has 1 aromatic heterocycles. The molecule has 0 spiro atoms. The first-order valence-electron chi connectivity index (χ1n) is 10.9. The van der Waals surface area contributed by atoms with E-state index in [9.17, 15) is 4.79 Å². The maximum atomic E-state index is 12.6. The highest BCUT2D eigenvalue weighted by Gasteiger charge is 2.17. The molecule has 1 aliphatic heterocycles. The second-order valence-electron chi connectivity index (χ2n) is 8.16. The number of anilines is 2. The van der Waals surface area contributed by atoms with Crippen molar-refractivity contribution in [1.29, 1.82) is 0 Å². The number of hydrogen-bond donors (Lipinski definition) is 1. The van der Waals surface area contributed by atoms with E-state index in [-0.39, 0.29) is 12.3 Å². The normalized spacial score (nSPS) is 14.6. The molecule has 1 amide bonds. The molecule has 31 heavy (non-hydrogen) atoms. The number of thiazole rings is 1. The Labute approximate surface area is 188 Å². The maximum Gasteiger partial charge on any atom is 0.230 e. The van der Waals surface area contributed by atoms with Crippen molar-refractivity contribution in [3.05, 3.63) is 64.7 Å². The lowest BCUT2D eigenvalue weighted by Crippen LogP contribution is -2.46. The van der Waals surface area contributed by atoms with E-state index >= 15 is 0 Å². The minimum absolute atomic E-state index is 0.0375. The minimum Gasteiger partial charge on any atom is -0.369 e. The van der Waals surface area contributed by atoms with E-state index in [1.54, 1.807) is 11.3 Å². The summed E-state index contributed by atoms with van der Waals surface area (Å²) < 4.78 is 0. The molecule has 1 N–H and O–H groups in total. The van der Waals surface area contributed by atoms with Crippen LogP contribution in [0.15, 0.2) is 47.8 Å². The SMILES string of the molecule is CCN1CCN(c2ccc(NC(=O)Cc3csc(-c4ccc(C)cc4)n3)cc2C)CC1. The molecule has 162 valence electrons. The standard InChI is InChI=1S/C25H30N4OS/c1-4-28-11-13-29(14-12-28)23-10-9-21(15-19(23)3)26-24(30)16-22-17-31-25(27-22)20-7-5-18(2)6-8-20/h5-10,15,17H,4,11-14,16H2,1-3H3,(H,26,30). The van der Waals surface area contributed by atoms with Crippen LogP contribution in [-0.4, -0.2) is 48.5 Å². The Morgan fingerprint density at radius 2 is 1.81 bits per heavy atom. The average molecular weight is 435 g/mol. The molecule has 0 saturated carbocycles. The van der Waals surface area contributed by atoms with E-state index in [4.69, 9.17) is 0 Å². The van der Waals surface area contributed by atoms with Gasteiger partial charge in [0.1, 0.15) is 5.01 Å². The Morgan fingerprint density at radius 3 is 2.48 bits per heavy atom. The Morgan fingerprint density at radius 1 is 1.06 bits per heavy atom. The molecule has 0 radical (unpaired) electrons. The van der Waals surface area contributed by atoms with Crippen molar-refractivity contribution >= 4 is 28.6 Å². The van der Waals surface area contributed by atoms with Gasteiger partial charge >= 0.3 is 0 Å². The molecule has 1 fully saturated rings. The molecule has 0 aliphatic carbocycles. The monoisotopic (exact) mass is 434 g/mol. The molecule has 6 heteroatoms. The van der Waals surface area contributed by atoms with E-state index in [1.165, 1.54) is 16.8 Å². The van der Waals surface area contributed by atoms with Crippen molar-refractivity contribution in [2.75, 3.05) is 42.9 Å². The third kappa shape index (κ3) is 5.32. The molecule has 2 heterocycles. The number of likely N-dealkylation sites (N-methyl/N-ethyl adjacent to an activating group) is 1. The molecule has 2 aromatic carbocycles. The summed E-state index contributed by atoms with van der Waals surface area (Å²) in [5.41, 5.74) is 6.42.